The summed E-state index contributed by atoms with van der Waals surface area (Å²) in [4.78, 5) is 39.1. The molecule has 1 aromatic heterocycles. The minimum Gasteiger partial charge on any atom is -0.320 e. The number of anilines is 1. The Morgan fingerprint density at radius 2 is 1.69 bits per heavy atom. The summed E-state index contributed by atoms with van der Waals surface area (Å²) in [5.74, 6) is -1.24. The van der Waals surface area contributed by atoms with Crippen molar-refractivity contribution in [1.82, 2.24) is 14.3 Å². The minimum absolute atomic E-state index is 0.0469. The Hall–Kier alpha value is -4.33. The number of hydrogen-bond donors (Lipinski definition) is 1. The number of hydrogen-bond acceptors (Lipinski definition) is 4. The highest BCUT2D eigenvalue weighted by molar-refractivity contribution is 6.02. The molecule has 3 aromatic carbocycles. The van der Waals surface area contributed by atoms with Crippen molar-refractivity contribution in [3.63, 3.8) is 0 Å². The van der Waals surface area contributed by atoms with Crippen LogP contribution in [-0.2, 0) is 6.54 Å². The van der Waals surface area contributed by atoms with Crippen LogP contribution in [0, 0.1) is 12.7 Å². The summed E-state index contributed by atoms with van der Waals surface area (Å²) in [6, 6.07) is 21.0. The van der Waals surface area contributed by atoms with Crippen LogP contribution < -0.4 is 16.6 Å². The molecule has 7 nitrogen and oxygen atoms in total. The zero-order valence-corrected chi connectivity index (χ0v) is 17.2. The quantitative estimate of drug-likeness (QED) is 0.527. The van der Waals surface area contributed by atoms with Gasteiger partial charge in [-0.3, -0.25) is 14.2 Å². The molecule has 0 saturated heterocycles. The fraction of sp³-hybridized carbons (Fsp3) is 0.0833. The van der Waals surface area contributed by atoms with Gasteiger partial charge < -0.3 is 5.32 Å². The first-order valence-electron chi connectivity index (χ1n) is 9.84. The van der Waals surface area contributed by atoms with Gasteiger partial charge in [-0.15, -0.1) is 0 Å². The monoisotopic (exact) mass is 430 g/mol. The number of nitrogens with zero attached hydrogens (tertiary/aromatic N) is 3. The third-order valence-corrected chi connectivity index (χ3v) is 4.80. The van der Waals surface area contributed by atoms with E-state index >= 15 is 0 Å². The molecule has 4 aromatic rings. The van der Waals surface area contributed by atoms with Crippen molar-refractivity contribution in [3.05, 3.63) is 122 Å². The van der Waals surface area contributed by atoms with Crippen molar-refractivity contribution >= 4 is 11.6 Å². The number of carbonyl (C=O) groups excluding carboxylic acids is 1. The summed E-state index contributed by atoms with van der Waals surface area (Å²) in [5.41, 5.74) is 0.376. The van der Waals surface area contributed by atoms with E-state index in [-0.39, 0.29) is 12.2 Å². The predicted octanol–water partition coefficient (Wildman–Crippen LogP) is 3.14. The second kappa shape index (κ2) is 8.81. The van der Waals surface area contributed by atoms with Crippen molar-refractivity contribution in [2.24, 2.45) is 0 Å². The molecule has 1 amide bonds. The standard InChI is InChI=1S/C24H19FN4O3/c1-16-6-5-7-17(14-16)15-28-23(31)21(22(30)26-19-8-3-2-4-9-19)27-29(24(28)32)20-12-10-18(25)11-13-20/h2-14H,15H2,1H3,(H,26,30). The van der Waals surface area contributed by atoms with Crippen LogP contribution in [-0.4, -0.2) is 20.3 Å². The second-order valence-electron chi connectivity index (χ2n) is 7.22. The van der Waals surface area contributed by atoms with Gasteiger partial charge in [0.25, 0.3) is 11.5 Å². The van der Waals surface area contributed by atoms with Gasteiger partial charge in [0.2, 0.25) is 5.69 Å². The number of aromatic nitrogens is 3. The number of amides is 1. The Labute approximate surface area is 182 Å². The van der Waals surface area contributed by atoms with E-state index in [2.05, 4.69) is 10.4 Å². The largest absolute Gasteiger partial charge is 0.352 e. The molecule has 0 spiro atoms. The van der Waals surface area contributed by atoms with Crippen LogP contribution in [0.4, 0.5) is 10.1 Å². The highest BCUT2D eigenvalue weighted by Gasteiger charge is 2.21. The molecule has 0 saturated carbocycles. The van der Waals surface area contributed by atoms with Crippen LogP contribution in [0.3, 0.4) is 0 Å². The molecule has 0 aliphatic heterocycles. The average Bonchev–Trinajstić information content (AvgIpc) is 2.78. The zero-order valence-electron chi connectivity index (χ0n) is 17.2. The molecule has 0 radical (unpaired) electrons. The van der Waals surface area contributed by atoms with E-state index in [1.54, 1.807) is 36.4 Å². The molecule has 0 unspecified atom stereocenters. The molecule has 0 aliphatic carbocycles. The number of halogens is 1. The molecule has 32 heavy (non-hydrogen) atoms. The third kappa shape index (κ3) is 4.39. The Balaban J connectivity index is 1.86. The summed E-state index contributed by atoms with van der Waals surface area (Å²) in [5, 5.41) is 6.64. The normalized spacial score (nSPS) is 10.7. The first-order chi connectivity index (χ1) is 15.4. The number of benzene rings is 3. The van der Waals surface area contributed by atoms with Gasteiger partial charge in [0.15, 0.2) is 0 Å². The van der Waals surface area contributed by atoms with Gasteiger partial charge in [0.05, 0.1) is 12.2 Å². The van der Waals surface area contributed by atoms with E-state index < -0.39 is 28.7 Å². The lowest BCUT2D eigenvalue weighted by Crippen LogP contribution is -2.45. The number of rotatable bonds is 5. The Morgan fingerprint density at radius 3 is 2.38 bits per heavy atom. The predicted molar refractivity (Wildman–Crippen MR) is 119 cm³/mol. The maximum Gasteiger partial charge on any atom is 0.352 e. The second-order valence-corrected chi connectivity index (χ2v) is 7.22. The lowest BCUT2D eigenvalue weighted by Gasteiger charge is -2.13. The van der Waals surface area contributed by atoms with Crippen molar-refractivity contribution in [2.45, 2.75) is 13.5 Å². The van der Waals surface area contributed by atoms with Crippen molar-refractivity contribution in [1.29, 1.82) is 0 Å². The van der Waals surface area contributed by atoms with Gasteiger partial charge in [-0.25, -0.2) is 9.18 Å². The highest BCUT2D eigenvalue weighted by atomic mass is 19.1. The number of nitrogens with one attached hydrogen (secondary N) is 1. The van der Waals surface area contributed by atoms with Gasteiger partial charge in [-0.1, -0.05) is 48.0 Å². The maximum absolute atomic E-state index is 13.4. The molecular weight excluding hydrogens is 411 g/mol. The first kappa shape index (κ1) is 20.9. The number of aryl methyl sites for hydroxylation is 1. The van der Waals surface area contributed by atoms with E-state index in [4.69, 9.17) is 0 Å². The average molecular weight is 430 g/mol. The minimum atomic E-state index is -0.816. The molecule has 1 N–H and O–H groups in total. The summed E-state index contributed by atoms with van der Waals surface area (Å²) >= 11 is 0. The van der Waals surface area contributed by atoms with Gasteiger partial charge in [0, 0.05) is 5.69 Å². The summed E-state index contributed by atoms with van der Waals surface area (Å²) in [6.45, 7) is 1.85. The SMILES string of the molecule is Cc1cccc(Cn2c(=O)c(C(=O)Nc3ccccc3)nn(-c3ccc(F)cc3)c2=O)c1. The molecule has 0 bridgehead atoms. The molecule has 0 aliphatic rings. The Bertz CT molecular complexity index is 1390. The zero-order chi connectivity index (χ0) is 22.7. The molecule has 1 heterocycles. The van der Waals surface area contributed by atoms with Gasteiger partial charge in [0.1, 0.15) is 5.82 Å². The number of carbonyl (C=O) groups is 1. The lowest BCUT2D eigenvalue weighted by molar-refractivity contribution is 0.101. The van der Waals surface area contributed by atoms with Crippen LogP contribution in [0.1, 0.15) is 21.6 Å². The Morgan fingerprint density at radius 1 is 0.969 bits per heavy atom. The van der Waals surface area contributed by atoms with E-state index in [1.165, 1.54) is 24.3 Å². The van der Waals surface area contributed by atoms with Gasteiger partial charge >= 0.3 is 5.69 Å². The molecule has 0 fully saturated rings. The van der Waals surface area contributed by atoms with E-state index in [0.717, 1.165) is 20.4 Å². The molecule has 160 valence electrons. The van der Waals surface area contributed by atoms with Crippen LogP contribution in [0.25, 0.3) is 5.69 Å². The van der Waals surface area contributed by atoms with Crippen LogP contribution in [0.15, 0.2) is 88.5 Å². The summed E-state index contributed by atoms with van der Waals surface area (Å²) in [6.07, 6.45) is 0. The van der Waals surface area contributed by atoms with Crippen molar-refractivity contribution < 1.29 is 9.18 Å². The van der Waals surface area contributed by atoms with Gasteiger partial charge in [-0.05, 0) is 48.9 Å². The first-order valence-corrected chi connectivity index (χ1v) is 9.84. The topological polar surface area (TPSA) is 86.0 Å². The fourth-order valence-electron chi connectivity index (χ4n) is 3.25. The number of para-hydroxylation sites is 1. The molecular formula is C24H19FN4O3. The third-order valence-electron chi connectivity index (χ3n) is 4.80. The van der Waals surface area contributed by atoms with Crippen LogP contribution >= 0.6 is 0 Å². The maximum atomic E-state index is 13.4. The van der Waals surface area contributed by atoms with E-state index in [0.29, 0.717) is 5.69 Å². The van der Waals surface area contributed by atoms with E-state index in [9.17, 15) is 18.8 Å². The lowest BCUT2D eigenvalue weighted by atomic mass is 10.1. The molecule has 0 atom stereocenters. The Kier molecular flexibility index (Phi) is 5.76. The summed E-state index contributed by atoms with van der Waals surface area (Å²) in [7, 11) is 0. The molecule has 4 rings (SSSR count). The van der Waals surface area contributed by atoms with Gasteiger partial charge in [-0.2, -0.15) is 9.78 Å². The van der Waals surface area contributed by atoms with Crippen molar-refractivity contribution in [2.75, 3.05) is 5.32 Å². The summed E-state index contributed by atoms with van der Waals surface area (Å²) < 4.78 is 15.3. The van der Waals surface area contributed by atoms with Crippen molar-refractivity contribution in [3.8, 4) is 5.69 Å². The van der Waals surface area contributed by atoms with E-state index in [1.807, 2.05) is 25.1 Å². The smallest absolute Gasteiger partial charge is 0.320 e. The van der Waals surface area contributed by atoms with Crippen LogP contribution in [0.5, 0.6) is 0 Å². The molecule has 8 heteroatoms. The van der Waals surface area contributed by atoms with Crippen LogP contribution in [0.2, 0.25) is 0 Å². The fourth-order valence-corrected chi connectivity index (χ4v) is 3.25. The highest BCUT2D eigenvalue weighted by Crippen LogP contribution is 2.09.